The van der Waals surface area contributed by atoms with Gasteiger partial charge in [-0.2, -0.15) is 0 Å². The molecule has 6 nitrogen and oxygen atoms in total. The molecule has 0 saturated carbocycles. The average Bonchev–Trinajstić information content (AvgIpc) is 3.65. The van der Waals surface area contributed by atoms with Gasteiger partial charge in [-0.25, -0.2) is 19.9 Å². The number of benzene rings is 4. The van der Waals surface area contributed by atoms with E-state index in [0.717, 1.165) is 90.3 Å². The predicted molar refractivity (Wildman–Crippen MR) is 252 cm³/mol. The Bertz CT molecular complexity index is 2880. The molecule has 1 aliphatic heterocycles. The van der Waals surface area contributed by atoms with Crippen molar-refractivity contribution in [2.45, 2.75) is 18.3 Å². The fourth-order valence-corrected chi connectivity index (χ4v) is 10.6. The Hall–Kier alpha value is -7.61. The van der Waals surface area contributed by atoms with Gasteiger partial charge in [-0.1, -0.05) is 146 Å². The van der Waals surface area contributed by atoms with Crippen LogP contribution in [0, 0.1) is 0 Å². The molecule has 0 amide bonds. The van der Waals surface area contributed by atoms with Crippen molar-refractivity contribution in [3.05, 3.63) is 228 Å². The number of fused-ring (bicyclic) bond motifs is 7. The van der Waals surface area contributed by atoms with Crippen LogP contribution in [0.2, 0.25) is 0 Å². The van der Waals surface area contributed by atoms with Crippen molar-refractivity contribution >= 4 is 11.8 Å². The number of thioether (sulfide) groups is 1. The molecule has 0 fully saturated rings. The second-order valence-corrected chi connectivity index (χ2v) is 16.5. The second kappa shape index (κ2) is 15.4. The number of aromatic nitrogens is 6. The molecule has 1 unspecified atom stereocenters. The van der Waals surface area contributed by atoms with Gasteiger partial charge < -0.3 is 0 Å². The summed E-state index contributed by atoms with van der Waals surface area (Å²) < 4.78 is 0. The van der Waals surface area contributed by atoms with E-state index in [1.54, 1.807) is 11.8 Å². The fraction of sp³-hybridized carbons (Fsp3) is 0.0545. The minimum absolute atomic E-state index is 0.601. The summed E-state index contributed by atoms with van der Waals surface area (Å²) in [6.07, 6.45) is 18.1. The van der Waals surface area contributed by atoms with Gasteiger partial charge in [-0.3, -0.25) is 9.97 Å². The van der Waals surface area contributed by atoms with Crippen LogP contribution in [-0.4, -0.2) is 29.9 Å². The standard InChI is InChI=1S/C55H38N6S/c1-3-42-48(4-2)62-49-24-12-11-21-43(49)55(42)44-22-13-19-40(39-33-46(35-25-29-56-30-26-35)58-47(34-39)36-27-31-57-32-28-36)50(44)51-41(20-14-23-45(51)55)54-60-52(37-15-7-5-8-16-37)59-53(61-54)38-17-9-6-10-18-38/h3-10,13-34H,1-2,11-12H2. The van der Waals surface area contributed by atoms with Crippen molar-refractivity contribution in [1.82, 2.24) is 29.9 Å². The van der Waals surface area contributed by atoms with E-state index >= 15 is 0 Å². The Morgan fingerprint density at radius 1 is 0.484 bits per heavy atom. The third kappa shape index (κ3) is 6.04. The van der Waals surface area contributed by atoms with E-state index in [4.69, 9.17) is 19.9 Å². The summed E-state index contributed by atoms with van der Waals surface area (Å²) in [7, 11) is 0. The molecular weight excluding hydrogens is 777 g/mol. The van der Waals surface area contributed by atoms with Gasteiger partial charge in [0.2, 0.25) is 0 Å². The molecule has 4 aromatic carbocycles. The molecule has 0 N–H and O–H groups in total. The smallest absolute Gasteiger partial charge is 0.164 e. The number of pyridine rings is 3. The Morgan fingerprint density at radius 3 is 1.58 bits per heavy atom. The summed E-state index contributed by atoms with van der Waals surface area (Å²) in [5.41, 5.74) is 14.8. The molecule has 0 saturated heterocycles. The zero-order chi connectivity index (χ0) is 41.6. The van der Waals surface area contributed by atoms with E-state index in [1.807, 2.05) is 97.6 Å². The maximum absolute atomic E-state index is 5.32. The summed E-state index contributed by atoms with van der Waals surface area (Å²) in [5.74, 6) is 1.83. The molecule has 62 heavy (non-hydrogen) atoms. The van der Waals surface area contributed by atoms with E-state index in [2.05, 4.69) is 108 Å². The molecule has 4 aromatic heterocycles. The number of hydrogen-bond acceptors (Lipinski definition) is 7. The number of hydrogen-bond donors (Lipinski definition) is 0. The monoisotopic (exact) mass is 814 g/mol. The Morgan fingerprint density at radius 2 is 1.02 bits per heavy atom. The molecule has 7 heteroatoms. The van der Waals surface area contributed by atoms with Gasteiger partial charge in [0.15, 0.2) is 17.5 Å². The first-order chi connectivity index (χ1) is 30.6. The highest BCUT2D eigenvalue weighted by Gasteiger charge is 2.53. The van der Waals surface area contributed by atoms with Gasteiger partial charge in [-0.05, 0) is 93.8 Å². The molecular formula is C55H38N6S. The lowest BCUT2D eigenvalue weighted by Crippen LogP contribution is -2.34. The summed E-state index contributed by atoms with van der Waals surface area (Å²) >= 11 is 1.79. The molecule has 1 spiro atoms. The van der Waals surface area contributed by atoms with E-state index in [0.29, 0.717) is 17.5 Å². The minimum atomic E-state index is -0.689. The van der Waals surface area contributed by atoms with Crippen LogP contribution in [0.3, 0.4) is 0 Å². The first kappa shape index (κ1) is 37.4. The van der Waals surface area contributed by atoms with Gasteiger partial charge in [0, 0.05) is 62.4 Å². The van der Waals surface area contributed by atoms with Crippen molar-refractivity contribution in [2.24, 2.45) is 0 Å². The van der Waals surface area contributed by atoms with Gasteiger partial charge in [0.1, 0.15) is 0 Å². The minimum Gasteiger partial charge on any atom is -0.265 e. The molecule has 0 radical (unpaired) electrons. The molecule has 8 aromatic rings. The molecule has 294 valence electrons. The number of allylic oxidation sites excluding steroid dienone is 6. The number of rotatable bonds is 8. The Labute approximate surface area is 365 Å². The maximum atomic E-state index is 5.32. The molecule has 0 bridgehead atoms. The van der Waals surface area contributed by atoms with E-state index < -0.39 is 5.41 Å². The molecule has 11 rings (SSSR count). The largest absolute Gasteiger partial charge is 0.265 e. The van der Waals surface area contributed by atoms with Crippen molar-refractivity contribution in [2.75, 3.05) is 0 Å². The van der Waals surface area contributed by atoms with E-state index in [9.17, 15) is 0 Å². The van der Waals surface area contributed by atoms with Crippen molar-refractivity contribution in [1.29, 1.82) is 0 Å². The third-order valence-electron chi connectivity index (χ3n) is 12.0. The van der Waals surface area contributed by atoms with Crippen molar-refractivity contribution in [3.63, 3.8) is 0 Å². The SMILES string of the molecule is C=CC1=C(C=C)C2(C3=CCCC=C3S1)c1cccc(-c3cc(-c4ccncc4)nc(-c4ccncc4)c3)c1-c1c(-c3nc(-c4ccccc4)nc(-c4ccccc4)n3)cccc12. The maximum Gasteiger partial charge on any atom is 0.164 e. The molecule has 2 aliphatic carbocycles. The summed E-state index contributed by atoms with van der Waals surface area (Å²) in [5, 5.41) is 0. The topological polar surface area (TPSA) is 77.3 Å². The highest BCUT2D eigenvalue weighted by atomic mass is 32.2. The van der Waals surface area contributed by atoms with Gasteiger partial charge in [0.05, 0.1) is 16.8 Å². The summed E-state index contributed by atoms with van der Waals surface area (Å²) in [4.78, 5) is 31.9. The van der Waals surface area contributed by atoms with Crippen LogP contribution in [0.5, 0.6) is 0 Å². The Balaban J connectivity index is 1.26. The Kier molecular flexibility index (Phi) is 9.32. The molecule has 3 aliphatic rings. The van der Waals surface area contributed by atoms with Crippen LogP contribution in [0.25, 0.3) is 78.9 Å². The first-order valence-electron chi connectivity index (χ1n) is 20.7. The average molecular weight is 815 g/mol. The third-order valence-corrected chi connectivity index (χ3v) is 13.2. The highest BCUT2D eigenvalue weighted by Crippen LogP contribution is 2.66. The van der Waals surface area contributed by atoms with E-state index in [1.165, 1.54) is 16.0 Å². The number of nitrogens with zero attached hydrogens (tertiary/aromatic N) is 6. The first-order valence-corrected chi connectivity index (χ1v) is 21.5. The quantitative estimate of drug-likeness (QED) is 0.151. The van der Waals surface area contributed by atoms with E-state index in [-0.39, 0.29) is 0 Å². The normalized spacial score (nSPS) is 16.2. The highest BCUT2D eigenvalue weighted by molar-refractivity contribution is 8.07. The van der Waals surface area contributed by atoms with Gasteiger partial charge >= 0.3 is 0 Å². The summed E-state index contributed by atoms with van der Waals surface area (Å²) in [6.45, 7) is 8.86. The zero-order valence-electron chi connectivity index (χ0n) is 33.7. The second-order valence-electron chi connectivity index (χ2n) is 15.4. The lowest BCUT2D eigenvalue weighted by atomic mass is 9.65. The molecule has 1 atom stereocenters. The lowest BCUT2D eigenvalue weighted by Gasteiger charge is -2.43. The van der Waals surface area contributed by atoms with Crippen LogP contribution in [0.15, 0.2) is 217 Å². The van der Waals surface area contributed by atoms with Crippen LogP contribution in [-0.2, 0) is 5.41 Å². The molecule has 5 heterocycles. The fourth-order valence-electron chi connectivity index (χ4n) is 9.37. The zero-order valence-corrected chi connectivity index (χ0v) is 34.6. The van der Waals surface area contributed by atoms with Crippen LogP contribution >= 0.6 is 11.8 Å². The van der Waals surface area contributed by atoms with Gasteiger partial charge in [-0.15, -0.1) is 0 Å². The van der Waals surface area contributed by atoms with Crippen LogP contribution in [0.1, 0.15) is 24.0 Å². The van der Waals surface area contributed by atoms with Crippen LogP contribution < -0.4 is 0 Å². The van der Waals surface area contributed by atoms with Crippen molar-refractivity contribution < 1.29 is 0 Å². The predicted octanol–water partition coefficient (Wildman–Crippen LogP) is 13.3. The summed E-state index contributed by atoms with van der Waals surface area (Å²) in [6, 6.07) is 46.1. The van der Waals surface area contributed by atoms with Gasteiger partial charge in [0.25, 0.3) is 0 Å². The lowest BCUT2D eigenvalue weighted by molar-refractivity contribution is 0.741. The van der Waals surface area contributed by atoms with Crippen LogP contribution in [0.4, 0.5) is 0 Å². The van der Waals surface area contributed by atoms with Crippen molar-refractivity contribution in [3.8, 4) is 78.9 Å².